The van der Waals surface area contributed by atoms with Crippen LogP contribution in [0.25, 0.3) is 0 Å². The summed E-state index contributed by atoms with van der Waals surface area (Å²) in [7, 11) is 0. The van der Waals surface area contributed by atoms with Gasteiger partial charge in [0.2, 0.25) is 0 Å². The van der Waals surface area contributed by atoms with Crippen molar-refractivity contribution in [1.82, 2.24) is 0 Å². The third-order valence-electron chi connectivity index (χ3n) is 2.39. The van der Waals surface area contributed by atoms with Gasteiger partial charge in [0.1, 0.15) is 0 Å². The zero-order chi connectivity index (χ0) is 6.85. The Morgan fingerprint density at radius 3 is 2.33 bits per heavy atom. The molecule has 0 spiro atoms. The second-order valence-corrected chi connectivity index (χ2v) is 3.46. The van der Waals surface area contributed by atoms with E-state index in [1.807, 2.05) is 0 Å². The lowest BCUT2D eigenvalue weighted by Gasteiger charge is -2.28. The summed E-state index contributed by atoms with van der Waals surface area (Å²) < 4.78 is 0. The van der Waals surface area contributed by atoms with Gasteiger partial charge in [-0.1, -0.05) is 13.8 Å². The van der Waals surface area contributed by atoms with Crippen LogP contribution < -0.4 is 0 Å². The standard InChI is InChI=1S/C8H16O/c1-6-3-4-8(9)7(2)5-6/h6-9H,3-5H2,1-2H3/t6-,7-,8-/m1/s1. The first-order valence-electron chi connectivity index (χ1n) is 3.88. The lowest BCUT2D eigenvalue weighted by molar-refractivity contribution is 0.0611. The molecule has 0 aromatic heterocycles. The highest BCUT2D eigenvalue weighted by atomic mass is 16.3. The van der Waals surface area contributed by atoms with Crippen LogP contribution in [0.1, 0.15) is 33.1 Å². The van der Waals surface area contributed by atoms with Crippen molar-refractivity contribution in [2.75, 3.05) is 0 Å². The Morgan fingerprint density at radius 2 is 1.89 bits per heavy atom. The van der Waals surface area contributed by atoms with E-state index in [0.717, 1.165) is 12.3 Å². The van der Waals surface area contributed by atoms with E-state index < -0.39 is 0 Å². The summed E-state index contributed by atoms with van der Waals surface area (Å²) in [4.78, 5) is 0. The zero-order valence-electron chi connectivity index (χ0n) is 6.30. The van der Waals surface area contributed by atoms with E-state index in [4.69, 9.17) is 0 Å². The Kier molecular flexibility index (Phi) is 2.12. The molecule has 3 atom stereocenters. The Hall–Kier alpha value is -0.0400. The average Bonchev–Trinajstić information content (AvgIpc) is 1.80. The molecule has 0 aromatic carbocycles. The summed E-state index contributed by atoms with van der Waals surface area (Å²) in [6.45, 7) is 4.41. The van der Waals surface area contributed by atoms with E-state index in [0.29, 0.717) is 5.92 Å². The molecule has 1 aliphatic rings. The summed E-state index contributed by atoms with van der Waals surface area (Å²) in [6, 6.07) is 0. The van der Waals surface area contributed by atoms with Gasteiger partial charge in [-0.15, -0.1) is 0 Å². The molecule has 1 N–H and O–H groups in total. The van der Waals surface area contributed by atoms with E-state index in [-0.39, 0.29) is 6.10 Å². The monoisotopic (exact) mass is 128 g/mol. The topological polar surface area (TPSA) is 20.2 Å². The van der Waals surface area contributed by atoms with Crippen LogP contribution >= 0.6 is 0 Å². The fourth-order valence-corrected chi connectivity index (χ4v) is 1.65. The fraction of sp³-hybridized carbons (Fsp3) is 1.00. The van der Waals surface area contributed by atoms with Crippen molar-refractivity contribution in [1.29, 1.82) is 0 Å². The molecule has 0 bridgehead atoms. The van der Waals surface area contributed by atoms with Crippen LogP contribution in [0, 0.1) is 11.8 Å². The van der Waals surface area contributed by atoms with Gasteiger partial charge < -0.3 is 5.11 Å². The Morgan fingerprint density at radius 1 is 1.22 bits per heavy atom. The van der Waals surface area contributed by atoms with Gasteiger partial charge >= 0.3 is 0 Å². The molecule has 0 unspecified atom stereocenters. The number of aliphatic hydroxyl groups is 1. The number of hydrogen-bond acceptors (Lipinski definition) is 1. The second-order valence-electron chi connectivity index (χ2n) is 3.46. The van der Waals surface area contributed by atoms with Crippen molar-refractivity contribution >= 4 is 0 Å². The minimum absolute atomic E-state index is 0.0128. The largest absolute Gasteiger partial charge is 0.393 e. The number of hydrogen-bond donors (Lipinski definition) is 1. The molecule has 1 rings (SSSR count). The van der Waals surface area contributed by atoms with Gasteiger partial charge in [-0.25, -0.2) is 0 Å². The van der Waals surface area contributed by atoms with Crippen molar-refractivity contribution in [3.05, 3.63) is 0 Å². The molecular weight excluding hydrogens is 112 g/mol. The van der Waals surface area contributed by atoms with Crippen LogP contribution in [0.4, 0.5) is 0 Å². The van der Waals surface area contributed by atoms with Gasteiger partial charge in [0, 0.05) is 0 Å². The fourth-order valence-electron chi connectivity index (χ4n) is 1.65. The molecule has 0 heterocycles. The maximum absolute atomic E-state index is 9.30. The van der Waals surface area contributed by atoms with E-state index >= 15 is 0 Å². The maximum Gasteiger partial charge on any atom is 0.0566 e. The van der Waals surface area contributed by atoms with Crippen molar-refractivity contribution in [3.63, 3.8) is 0 Å². The third-order valence-corrected chi connectivity index (χ3v) is 2.39. The van der Waals surface area contributed by atoms with E-state index in [2.05, 4.69) is 13.8 Å². The van der Waals surface area contributed by atoms with Crippen LogP contribution in [0.5, 0.6) is 0 Å². The highest BCUT2D eigenvalue weighted by molar-refractivity contribution is 4.74. The Bertz CT molecular complexity index is 90.6. The average molecular weight is 128 g/mol. The second kappa shape index (κ2) is 2.70. The summed E-state index contributed by atoms with van der Waals surface area (Å²) in [5, 5.41) is 9.30. The molecule has 0 aromatic rings. The summed E-state index contributed by atoms with van der Waals surface area (Å²) >= 11 is 0. The highest BCUT2D eigenvalue weighted by Crippen LogP contribution is 2.28. The molecule has 1 aliphatic carbocycles. The number of rotatable bonds is 0. The quantitative estimate of drug-likeness (QED) is 0.527. The lowest BCUT2D eigenvalue weighted by Crippen LogP contribution is -2.25. The molecular formula is C8H16O. The number of aliphatic hydroxyl groups excluding tert-OH is 1. The maximum atomic E-state index is 9.30. The molecule has 0 radical (unpaired) electrons. The summed E-state index contributed by atoms with van der Waals surface area (Å²) in [5.74, 6) is 1.37. The van der Waals surface area contributed by atoms with Crippen molar-refractivity contribution < 1.29 is 5.11 Å². The Balaban J connectivity index is 2.35. The first-order chi connectivity index (χ1) is 4.20. The zero-order valence-corrected chi connectivity index (χ0v) is 6.30. The van der Waals surface area contributed by atoms with Crippen LogP contribution in [0.15, 0.2) is 0 Å². The van der Waals surface area contributed by atoms with Gasteiger partial charge in [-0.2, -0.15) is 0 Å². The molecule has 1 heteroatoms. The molecule has 1 nitrogen and oxygen atoms in total. The van der Waals surface area contributed by atoms with Gasteiger partial charge in [0.15, 0.2) is 0 Å². The van der Waals surface area contributed by atoms with Crippen LogP contribution in [-0.2, 0) is 0 Å². The SMILES string of the molecule is C[C@@H]1CC[C@@H](O)[C@H](C)C1. The van der Waals surface area contributed by atoms with Crippen LogP contribution in [0.2, 0.25) is 0 Å². The van der Waals surface area contributed by atoms with E-state index in [1.165, 1.54) is 12.8 Å². The normalized spacial score (nSPS) is 45.0. The van der Waals surface area contributed by atoms with Gasteiger partial charge in [-0.3, -0.25) is 0 Å². The molecule has 1 saturated carbocycles. The first-order valence-corrected chi connectivity index (χ1v) is 3.88. The summed E-state index contributed by atoms with van der Waals surface area (Å²) in [6.07, 6.45) is 3.43. The molecule has 1 fully saturated rings. The Labute approximate surface area is 57.1 Å². The van der Waals surface area contributed by atoms with Crippen molar-refractivity contribution in [2.24, 2.45) is 11.8 Å². The van der Waals surface area contributed by atoms with Gasteiger partial charge in [-0.05, 0) is 31.1 Å². The van der Waals surface area contributed by atoms with Gasteiger partial charge in [0.25, 0.3) is 0 Å². The molecule has 9 heavy (non-hydrogen) atoms. The van der Waals surface area contributed by atoms with Crippen LogP contribution in [-0.4, -0.2) is 11.2 Å². The van der Waals surface area contributed by atoms with Crippen LogP contribution in [0.3, 0.4) is 0 Å². The highest BCUT2D eigenvalue weighted by Gasteiger charge is 2.22. The minimum atomic E-state index is -0.0128. The van der Waals surface area contributed by atoms with Crippen molar-refractivity contribution in [3.8, 4) is 0 Å². The third kappa shape index (κ3) is 1.68. The smallest absolute Gasteiger partial charge is 0.0566 e. The van der Waals surface area contributed by atoms with Crippen molar-refractivity contribution in [2.45, 2.75) is 39.2 Å². The first kappa shape index (κ1) is 7.07. The predicted octanol–water partition coefficient (Wildman–Crippen LogP) is 1.80. The molecule has 54 valence electrons. The summed E-state index contributed by atoms with van der Waals surface area (Å²) in [5.41, 5.74) is 0. The molecule has 0 amide bonds. The van der Waals surface area contributed by atoms with Gasteiger partial charge in [0.05, 0.1) is 6.10 Å². The van der Waals surface area contributed by atoms with E-state index in [9.17, 15) is 5.11 Å². The van der Waals surface area contributed by atoms with E-state index in [1.54, 1.807) is 0 Å². The predicted molar refractivity (Wildman–Crippen MR) is 38.2 cm³/mol. The molecule has 0 aliphatic heterocycles. The lowest BCUT2D eigenvalue weighted by atomic mass is 9.81. The minimum Gasteiger partial charge on any atom is -0.393 e. The molecule has 0 saturated heterocycles.